The average molecular weight is 336 g/mol. The van der Waals surface area contributed by atoms with Crippen LogP contribution in [0.4, 0.5) is 5.69 Å². The van der Waals surface area contributed by atoms with Gasteiger partial charge in [0.15, 0.2) is 0 Å². The Morgan fingerprint density at radius 2 is 1.85 bits per heavy atom. The van der Waals surface area contributed by atoms with Crippen molar-refractivity contribution in [3.05, 3.63) is 67.7 Å². The highest BCUT2D eigenvalue weighted by atomic mass is 79.9. The Labute approximate surface area is 125 Å². The Balaban J connectivity index is 2.25. The van der Waals surface area contributed by atoms with Gasteiger partial charge in [-0.15, -0.1) is 0 Å². The molecule has 2 rings (SSSR count). The maximum atomic E-state index is 11.0. The number of hydrogen-bond acceptors (Lipinski definition) is 3. The van der Waals surface area contributed by atoms with Crippen LogP contribution in [0.5, 0.6) is 5.75 Å². The minimum Gasteiger partial charge on any atom is -0.488 e. The molecule has 0 aliphatic rings. The van der Waals surface area contributed by atoms with E-state index in [1.807, 2.05) is 32.0 Å². The molecule has 0 radical (unpaired) electrons. The number of nitrogens with zero attached hydrogens (tertiary/aromatic N) is 1. The summed E-state index contributed by atoms with van der Waals surface area (Å²) in [6.45, 7) is 4.09. The summed E-state index contributed by atoms with van der Waals surface area (Å²) >= 11 is 3.24. The van der Waals surface area contributed by atoms with Crippen molar-refractivity contribution < 1.29 is 9.66 Å². The van der Waals surface area contributed by atoms with Gasteiger partial charge in [-0.1, -0.05) is 34.1 Å². The molecule has 0 aliphatic heterocycles. The maximum absolute atomic E-state index is 11.0. The normalized spacial score (nSPS) is 10.3. The van der Waals surface area contributed by atoms with Gasteiger partial charge >= 0.3 is 0 Å². The minimum absolute atomic E-state index is 0.0608. The fraction of sp³-hybridized carbons (Fsp3) is 0.200. The molecule has 2 aromatic rings. The molecule has 0 saturated carbocycles. The standard InChI is InChI=1S/C15H14BrNO3/c1-10-4-3-5-11(2)15(10)20-9-12-6-7-13(16)8-14(12)17(18)19/h3-8H,9H2,1-2H3. The van der Waals surface area contributed by atoms with Crippen LogP contribution in [0.2, 0.25) is 0 Å². The number of benzene rings is 2. The van der Waals surface area contributed by atoms with Crippen LogP contribution in [-0.4, -0.2) is 4.92 Å². The van der Waals surface area contributed by atoms with Crippen LogP contribution in [0.3, 0.4) is 0 Å². The second-order valence-electron chi connectivity index (χ2n) is 4.54. The highest BCUT2D eigenvalue weighted by Gasteiger charge is 2.15. The number of ether oxygens (including phenoxy) is 1. The number of hydrogen-bond donors (Lipinski definition) is 0. The summed E-state index contributed by atoms with van der Waals surface area (Å²) in [4.78, 5) is 10.7. The van der Waals surface area contributed by atoms with E-state index < -0.39 is 4.92 Å². The summed E-state index contributed by atoms with van der Waals surface area (Å²) in [6.07, 6.45) is 0. The zero-order valence-corrected chi connectivity index (χ0v) is 12.8. The molecule has 0 N–H and O–H groups in total. The van der Waals surface area contributed by atoms with Crippen LogP contribution < -0.4 is 4.74 Å². The monoisotopic (exact) mass is 335 g/mol. The molecule has 0 bridgehead atoms. The summed E-state index contributed by atoms with van der Waals surface area (Å²) in [5.41, 5.74) is 2.65. The van der Waals surface area contributed by atoms with E-state index in [2.05, 4.69) is 15.9 Å². The summed E-state index contributed by atoms with van der Waals surface area (Å²) in [6, 6.07) is 10.8. The van der Waals surface area contributed by atoms with E-state index in [9.17, 15) is 10.1 Å². The zero-order chi connectivity index (χ0) is 14.7. The molecule has 0 unspecified atom stereocenters. The lowest BCUT2D eigenvalue weighted by atomic mass is 10.1. The highest BCUT2D eigenvalue weighted by Crippen LogP contribution is 2.27. The molecule has 0 fully saturated rings. The van der Waals surface area contributed by atoms with Gasteiger partial charge in [0.1, 0.15) is 12.4 Å². The van der Waals surface area contributed by atoms with Gasteiger partial charge < -0.3 is 4.74 Å². The number of halogens is 1. The van der Waals surface area contributed by atoms with Crippen molar-refractivity contribution in [1.29, 1.82) is 0 Å². The molecule has 5 heteroatoms. The molecule has 0 saturated heterocycles. The summed E-state index contributed by atoms with van der Waals surface area (Å²) in [5, 5.41) is 11.0. The van der Waals surface area contributed by atoms with Crippen LogP contribution in [0.1, 0.15) is 16.7 Å². The lowest BCUT2D eigenvalue weighted by Gasteiger charge is -2.12. The Hall–Kier alpha value is -1.88. The predicted molar refractivity (Wildman–Crippen MR) is 81.0 cm³/mol. The molecule has 4 nitrogen and oxygen atoms in total. The van der Waals surface area contributed by atoms with Crippen LogP contribution in [0.15, 0.2) is 40.9 Å². The van der Waals surface area contributed by atoms with Crippen LogP contribution >= 0.6 is 15.9 Å². The molecule has 0 heterocycles. The zero-order valence-electron chi connectivity index (χ0n) is 11.2. The lowest BCUT2D eigenvalue weighted by molar-refractivity contribution is -0.385. The van der Waals surface area contributed by atoms with Crippen molar-refractivity contribution in [2.24, 2.45) is 0 Å². The van der Waals surface area contributed by atoms with Gasteiger partial charge in [-0.25, -0.2) is 0 Å². The fourth-order valence-electron chi connectivity index (χ4n) is 2.01. The molecule has 0 atom stereocenters. The van der Waals surface area contributed by atoms with Gasteiger partial charge in [0, 0.05) is 10.5 Å². The smallest absolute Gasteiger partial charge is 0.277 e. The molecule has 0 spiro atoms. The van der Waals surface area contributed by atoms with Gasteiger partial charge in [-0.2, -0.15) is 0 Å². The number of aryl methyl sites for hydroxylation is 2. The minimum atomic E-state index is -0.395. The summed E-state index contributed by atoms with van der Waals surface area (Å²) in [5.74, 6) is 0.782. The molecule has 104 valence electrons. The third-order valence-corrected chi connectivity index (χ3v) is 3.52. The number of nitro groups is 1. The molecule has 0 amide bonds. The van der Waals surface area contributed by atoms with Crippen molar-refractivity contribution in [3.8, 4) is 5.75 Å². The van der Waals surface area contributed by atoms with Crippen molar-refractivity contribution in [3.63, 3.8) is 0 Å². The molecule has 0 aromatic heterocycles. The maximum Gasteiger partial charge on any atom is 0.277 e. The van der Waals surface area contributed by atoms with Crippen molar-refractivity contribution >= 4 is 21.6 Å². The fourth-order valence-corrected chi connectivity index (χ4v) is 2.35. The van der Waals surface area contributed by atoms with Gasteiger partial charge in [0.05, 0.1) is 10.5 Å². The quantitative estimate of drug-likeness (QED) is 0.608. The SMILES string of the molecule is Cc1cccc(C)c1OCc1ccc(Br)cc1[N+](=O)[O-]. The van der Waals surface area contributed by atoms with Gasteiger partial charge in [-0.05, 0) is 37.1 Å². The average Bonchev–Trinajstić information content (AvgIpc) is 2.39. The first-order chi connectivity index (χ1) is 9.49. The van der Waals surface area contributed by atoms with E-state index in [1.165, 1.54) is 6.07 Å². The van der Waals surface area contributed by atoms with E-state index >= 15 is 0 Å². The highest BCUT2D eigenvalue weighted by molar-refractivity contribution is 9.10. The van der Waals surface area contributed by atoms with Crippen LogP contribution in [0.25, 0.3) is 0 Å². The first-order valence-electron chi connectivity index (χ1n) is 6.11. The molecule has 2 aromatic carbocycles. The van der Waals surface area contributed by atoms with Crippen molar-refractivity contribution in [1.82, 2.24) is 0 Å². The number of para-hydroxylation sites is 1. The molecular weight excluding hydrogens is 322 g/mol. The first kappa shape index (κ1) is 14.5. The largest absolute Gasteiger partial charge is 0.488 e. The second kappa shape index (κ2) is 6.05. The topological polar surface area (TPSA) is 52.4 Å². The molecule has 0 aliphatic carbocycles. The molecular formula is C15H14BrNO3. The van der Waals surface area contributed by atoms with Gasteiger partial charge in [0.2, 0.25) is 0 Å². The lowest BCUT2D eigenvalue weighted by Crippen LogP contribution is -2.02. The Kier molecular flexibility index (Phi) is 4.39. The summed E-state index contributed by atoms with van der Waals surface area (Å²) < 4.78 is 6.45. The third-order valence-electron chi connectivity index (χ3n) is 3.02. The third kappa shape index (κ3) is 3.17. The van der Waals surface area contributed by atoms with Crippen LogP contribution in [-0.2, 0) is 6.61 Å². The first-order valence-corrected chi connectivity index (χ1v) is 6.90. The van der Waals surface area contributed by atoms with E-state index in [4.69, 9.17) is 4.74 Å². The Morgan fingerprint density at radius 3 is 2.45 bits per heavy atom. The van der Waals surface area contributed by atoms with Crippen LogP contribution in [0, 0.1) is 24.0 Å². The van der Waals surface area contributed by atoms with E-state index in [0.717, 1.165) is 16.9 Å². The second-order valence-corrected chi connectivity index (χ2v) is 5.46. The number of rotatable bonds is 4. The van der Waals surface area contributed by atoms with Gasteiger partial charge in [-0.3, -0.25) is 10.1 Å². The molecule has 20 heavy (non-hydrogen) atoms. The Morgan fingerprint density at radius 1 is 1.20 bits per heavy atom. The number of nitro benzene ring substituents is 1. The van der Waals surface area contributed by atoms with Crippen molar-refractivity contribution in [2.75, 3.05) is 0 Å². The predicted octanol–water partition coefficient (Wildman–Crippen LogP) is 4.55. The van der Waals surface area contributed by atoms with Gasteiger partial charge in [0.25, 0.3) is 5.69 Å². The van der Waals surface area contributed by atoms with E-state index in [-0.39, 0.29) is 12.3 Å². The Bertz CT molecular complexity index is 635. The van der Waals surface area contributed by atoms with E-state index in [1.54, 1.807) is 12.1 Å². The summed E-state index contributed by atoms with van der Waals surface area (Å²) in [7, 11) is 0. The van der Waals surface area contributed by atoms with E-state index in [0.29, 0.717) is 10.0 Å². The van der Waals surface area contributed by atoms with Crippen molar-refractivity contribution in [2.45, 2.75) is 20.5 Å².